The Bertz CT molecular complexity index is 1360. The SMILES string of the molecule is CC(=O)NS(=O)(=O)N1CC[C@@H](NC(=O)c2cc3c(Cl)c(Cl)ccc3n2C)C[C@H]1c1ccccc1. The monoisotopic (exact) mass is 522 g/mol. The number of aryl methyl sites for hydroxylation is 1. The fourth-order valence-electron chi connectivity index (χ4n) is 4.41. The van der Waals surface area contributed by atoms with Gasteiger partial charge in [0.2, 0.25) is 5.91 Å². The molecule has 1 aromatic heterocycles. The van der Waals surface area contributed by atoms with E-state index in [0.717, 1.165) is 18.0 Å². The Morgan fingerprint density at radius 1 is 1.09 bits per heavy atom. The van der Waals surface area contributed by atoms with Crippen molar-refractivity contribution >= 4 is 56.1 Å². The summed E-state index contributed by atoms with van der Waals surface area (Å²) in [4.78, 5) is 24.6. The lowest BCUT2D eigenvalue weighted by Crippen LogP contribution is -2.51. The molecule has 2 amide bonds. The van der Waals surface area contributed by atoms with Crippen molar-refractivity contribution in [3.8, 4) is 0 Å². The summed E-state index contributed by atoms with van der Waals surface area (Å²) in [5, 5.41) is 4.51. The van der Waals surface area contributed by atoms with E-state index in [1.807, 2.05) is 35.1 Å². The van der Waals surface area contributed by atoms with Crippen molar-refractivity contribution in [3.63, 3.8) is 0 Å². The molecule has 2 atom stereocenters. The molecule has 1 aliphatic heterocycles. The van der Waals surface area contributed by atoms with Gasteiger partial charge in [0.1, 0.15) is 5.69 Å². The Labute approximate surface area is 208 Å². The van der Waals surface area contributed by atoms with Crippen molar-refractivity contribution in [2.75, 3.05) is 6.54 Å². The summed E-state index contributed by atoms with van der Waals surface area (Å²) in [5.74, 6) is -0.947. The largest absolute Gasteiger partial charge is 0.348 e. The summed E-state index contributed by atoms with van der Waals surface area (Å²) in [5.41, 5.74) is 1.98. The summed E-state index contributed by atoms with van der Waals surface area (Å²) < 4.78 is 30.7. The zero-order chi connectivity index (χ0) is 24.6. The number of carbonyl (C=O) groups excluding carboxylic acids is 2. The summed E-state index contributed by atoms with van der Waals surface area (Å²) in [6, 6.07) is 13.5. The van der Waals surface area contributed by atoms with Crippen LogP contribution < -0.4 is 10.0 Å². The Morgan fingerprint density at radius 3 is 2.47 bits per heavy atom. The minimum absolute atomic E-state index is 0.143. The van der Waals surface area contributed by atoms with Crippen LogP contribution in [0.2, 0.25) is 10.0 Å². The van der Waals surface area contributed by atoms with Gasteiger partial charge in [-0.3, -0.25) is 9.59 Å². The second-order valence-corrected chi connectivity index (χ2v) is 10.7. The van der Waals surface area contributed by atoms with Crippen molar-refractivity contribution in [3.05, 3.63) is 69.8 Å². The van der Waals surface area contributed by atoms with Crippen LogP contribution in [-0.2, 0) is 22.1 Å². The maximum Gasteiger partial charge on any atom is 0.304 e. The molecule has 11 heteroatoms. The molecular weight excluding hydrogens is 499 g/mol. The highest BCUT2D eigenvalue weighted by Crippen LogP contribution is 2.34. The third-order valence-electron chi connectivity index (χ3n) is 6.00. The van der Waals surface area contributed by atoms with Crippen LogP contribution in [0.5, 0.6) is 0 Å². The molecule has 180 valence electrons. The van der Waals surface area contributed by atoms with Crippen LogP contribution >= 0.6 is 23.2 Å². The second-order valence-electron chi connectivity index (χ2n) is 8.28. The lowest BCUT2D eigenvalue weighted by molar-refractivity contribution is -0.117. The molecule has 0 radical (unpaired) electrons. The third kappa shape index (κ3) is 4.79. The normalized spacial score (nSPS) is 19.2. The van der Waals surface area contributed by atoms with Gasteiger partial charge in [0, 0.05) is 37.5 Å². The molecular formula is C23H24Cl2N4O4S. The number of nitrogens with zero attached hydrogens (tertiary/aromatic N) is 2. The van der Waals surface area contributed by atoms with Gasteiger partial charge < -0.3 is 9.88 Å². The van der Waals surface area contributed by atoms with E-state index in [0.29, 0.717) is 34.0 Å². The molecule has 0 spiro atoms. The van der Waals surface area contributed by atoms with E-state index >= 15 is 0 Å². The predicted octanol–water partition coefficient (Wildman–Crippen LogP) is 3.80. The Morgan fingerprint density at radius 2 is 1.79 bits per heavy atom. The topological polar surface area (TPSA) is 101 Å². The van der Waals surface area contributed by atoms with Crippen molar-refractivity contribution < 1.29 is 18.0 Å². The van der Waals surface area contributed by atoms with Crippen molar-refractivity contribution in [2.24, 2.45) is 7.05 Å². The lowest BCUT2D eigenvalue weighted by atomic mass is 9.93. The van der Waals surface area contributed by atoms with Crippen LogP contribution in [0.4, 0.5) is 0 Å². The van der Waals surface area contributed by atoms with Gasteiger partial charge in [0.05, 0.1) is 16.1 Å². The van der Waals surface area contributed by atoms with E-state index < -0.39 is 22.2 Å². The highest BCUT2D eigenvalue weighted by molar-refractivity contribution is 7.87. The smallest absolute Gasteiger partial charge is 0.304 e. The van der Waals surface area contributed by atoms with Crippen LogP contribution in [-0.4, -0.2) is 41.7 Å². The summed E-state index contributed by atoms with van der Waals surface area (Å²) in [6.45, 7) is 1.30. The molecule has 0 unspecified atom stereocenters. The van der Waals surface area contributed by atoms with Crippen LogP contribution in [0.1, 0.15) is 41.9 Å². The van der Waals surface area contributed by atoms with E-state index in [4.69, 9.17) is 23.2 Å². The van der Waals surface area contributed by atoms with E-state index in [-0.39, 0.29) is 18.5 Å². The molecule has 1 saturated heterocycles. The maximum absolute atomic E-state index is 13.2. The van der Waals surface area contributed by atoms with Gasteiger partial charge in [-0.15, -0.1) is 0 Å². The van der Waals surface area contributed by atoms with Gasteiger partial charge in [-0.05, 0) is 36.6 Å². The van der Waals surface area contributed by atoms with Crippen LogP contribution in [0.15, 0.2) is 48.5 Å². The van der Waals surface area contributed by atoms with Crippen LogP contribution in [0.3, 0.4) is 0 Å². The van der Waals surface area contributed by atoms with Gasteiger partial charge in [-0.25, -0.2) is 4.72 Å². The van der Waals surface area contributed by atoms with Gasteiger partial charge >= 0.3 is 10.2 Å². The maximum atomic E-state index is 13.2. The molecule has 4 rings (SSSR count). The first-order valence-corrected chi connectivity index (χ1v) is 12.9. The molecule has 0 aliphatic carbocycles. The Balaban J connectivity index is 1.59. The predicted molar refractivity (Wildman–Crippen MR) is 132 cm³/mol. The van der Waals surface area contributed by atoms with Gasteiger partial charge in [-0.1, -0.05) is 53.5 Å². The number of rotatable bonds is 5. The van der Waals surface area contributed by atoms with Gasteiger partial charge in [-0.2, -0.15) is 12.7 Å². The molecule has 2 heterocycles. The Hall–Kier alpha value is -2.59. The van der Waals surface area contributed by atoms with Crippen LogP contribution in [0, 0.1) is 0 Å². The first-order chi connectivity index (χ1) is 16.1. The number of carbonyl (C=O) groups is 2. The molecule has 8 nitrogen and oxygen atoms in total. The number of hydrogen-bond donors (Lipinski definition) is 2. The number of amides is 2. The molecule has 1 fully saturated rings. The highest BCUT2D eigenvalue weighted by atomic mass is 35.5. The number of nitrogens with one attached hydrogen (secondary N) is 2. The fraction of sp³-hybridized carbons (Fsp3) is 0.304. The van der Waals surface area contributed by atoms with Gasteiger partial charge in [0.15, 0.2) is 0 Å². The van der Waals surface area contributed by atoms with Crippen molar-refractivity contribution in [2.45, 2.75) is 31.8 Å². The molecule has 2 aromatic carbocycles. The zero-order valence-corrected chi connectivity index (χ0v) is 20.9. The Kier molecular flexibility index (Phi) is 6.91. The molecule has 2 N–H and O–H groups in total. The number of piperidine rings is 1. The lowest BCUT2D eigenvalue weighted by Gasteiger charge is -2.38. The summed E-state index contributed by atoms with van der Waals surface area (Å²) in [6.07, 6.45) is 0.746. The molecule has 34 heavy (non-hydrogen) atoms. The number of fused-ring (bicyclic) bond motifs is 1. The first-order valence-electron chi connectivity index (χ1n) is 10.7. The van der Waals surface area contributed by atoms with Crippen molar-refractivity contribution in [1.29, 1.82) is 0 Å². The van der Waals surface area contributed by atoms with Crippen molar-refractivity contribution in [1.82, 2.24) is 18.9 Å². The highest BCUT2D eigenvalue weighted by Gasteiger charge is 2.38. The summed E-state index contributed by atoms with van der Waals surface area (Å²) in [7, 11) is -2.25. The van der Waals surface area contributed by atoms with E-state index in [1.54, 1.807) is 29.8 Å². The molecule has 1 aliphatic rings. The quantitative estimate of drug-likeness (QED) is 0.532. The minimum atomic E-state index is -4.03. The number of benzene rings is 2. The zero-order valence-electron chi connectivity index (χ0n) is 18.6. The average molecular weight is 523 g/mol. The van der Waals surface area contributed by atoms with E-state index in [1.165, 1.54) is 4.31 Å². The second kappa shape index (κ2) is 9.58. The van der Waals surface area contributed by atoms with Crippen LogP contribution in [0.25, 0.3) is 10.9 Å². The van der Waals surface area contributed by atoms with E-state index in [2.05, 4.69) is 5.32 Å². The van der Waals surface area contributed by atoms with E-state index in [9.17, 15) is 18.0 Å². The first kappa shape index (κ1) is 24.5. The number of hydrogen-bond acceptors (Lipinski definition) is 4. The fourth-order valence-corrected chi connectivity index (χ4v) is 6.16. The molecule has 0 bridgehead atoms. The number of halogens is 2. The number of aromatic nitrogens is 1. The van der Waals surface area contributed by atoms with Gasteiger partial charge in [0.25, 0.3) is 5.91 Å². The molecule has 0 saturated carbocycles. The third-order valence-corrected chi connectivity index (χ3v) is 8.42. The summed E-state index contributed by atoms with van der Waals surface area (Å²) >= 11 is 12.4. The minimum Gasteiger partial charge on any atom is -0.348 e. The standard InChI is InChI=1S/C23H24Cl2N4O4S/c1-14(30)27-34(32,33)29-11-10-16(12-20(29)15-6-4-3-5-7-15)26-23(31)21-13-17-19(28(21)2)9-8-18(24)22(17)25/h3-9,13,16,20H,10-12H2,1-2H3,(H,26,31)(H,27,30)/t16-,20+/m1/s1. The molecule has 3 aromatic rings. The average Bonchev–Trinajstić information content (AvgIpc) is 3.13.